The number of nitrogens with zero attached hydrogens (tertiary/aromatic N) is 1. The van der Waals surface area contributed by atoms with Crippen LogP contribution in [0.1, 0.15) is 30.4 Å². The van der Waals surface area contributed by atoms with Crippen LogP contribution < -0.4 is 14.9 Å². The molecule has 5 heteroatoms. The summed E-state index contributed by atoms with van der Waals surface area (Å²) in [4.78, 5) is 0. The lowest BCUT2D eigenvalue weighted by Gasteiger charge is -2.09. The quantitative estimate of drug-likeness (QED) is 0.600. The van der Waals surface area contributed by atoms with Crippen LogP contribution in [0.5, 0.6) is 11.5 Å². The molecule has 0 aliphatic rings. The van der Waals surface area contributed by atoms with Crippen LogP contribution in [0.25, 0.3) is 0 Å². The van der Waals surface area contributed by atoms with Gasteiger partial charge in [-0.3, -0.25) is 0 Å². The van der Waals surface area contributed by atoms with Gasteiger partial charge in [0.15, 0.2) is 11.5 Å². The lowest BCUT2D eigenvalue weighted by Crippen LogP contribution is -2.05. The lowest BCUT2D eigenvalue weighted by molar-refractivity contribution is 0.354. The predicted octanol–water partition coefficient (Wildman–Crippen LogP) is 3.37. The summed E-state index contributed by atoms with van der Waals surface area (Å²) in [5.41, 5.74) is 4.05. The number of hydrogen-bond donors (Lipinski definition) is 1. The normalized spacial score (nSPS) is 10.9. The molecule has 1 heterocycles. The van der Waals surface area contributed by atoms with E-state index < -0.39 is 0 Å². The number of nitrogens with one attached hydrogen (secondary N) is 1. The Morgan fingerprint density at radius 1 is 1.14 bits per heavy atom. The van der Waals surface area contributed by atoms with Crippen molar-refractivity contribution in [3.05, 3.63) is 47.4 Å². The molecule has 1 aromatic heterocycles. The molecule has 0 amide bonds. The second-order valence-electron chi connectivity index (χ2n) is 4.84. The molecule has 22 heavy (non-hydrogen) atoms. The summed E-state index contributed by atoms with van der Waals surface area (Å²) in [7, 11) is 3.24. The molecule has 1 N–H and O–H groups in total. The molecular formula is C17H22N2O3. The van der Waals surface area contributed by atoms with Crippen molar-refractivity contribution in [2.75, 3.05) is 14.2 Å². The van der Waals surface area contributed by atoms with Crippen LogP contribution in [0.15, 0.2) is 39.9 Å². The van der Waals surface area contributed by atoms with Crippen molar-refractivity contribution in [2.24, 2.45) is 5.10 Å². The average molecular weight is 302 g/mol. The van der Waals surface area contributed by atoms with Crippen LogP contribution in [0, 0.1) is 0 Å². The zero-order valence-corrected chi connectivity index (χ0v) is 13.3. The number of furan rings is 1. The molecule has 0 atom stereocenters. The Labute approximate surface area is 130 Å². The van der Waals surface area contributed by atoms with Gasteiger partial charge < -0.3 is 19.3 Å². The number of hydrogen-bond acceptors (Lipinski definition) is 5. The average Bonchev–Trinajstić information content (AvgIpc) is 2.99. The number of benzene rings is 1. The fourth-order valence-corrected chi connectivity index (χ4v) is 2.08. The van der Waals surface area contributed by atoms with Crippen LogP contribution in [0.2, 0.25) is 0 Å². The van der Waals surface area contributed by atoms with Crippen LogP contribution >= 0.6 is 0 Å². The highest BCUT2D eigenvalue weighted by Crippen LogP contribution is 2.27. The van der Waals surface area contributed by atoms with Gasteiger partial charge in [0.2, 0.25) is 0 Å². The van der Waals surface area contributed by atoms with E-state index in [1.165, 1.54) is 0 Å². The molecule has 0 aliphatic carbocycles. The molecular weight excluding hydrogens is 280 g/mol. The molecule has 1 aromatic carbocycles. The number of rotatable bonds is 8. The molecule has 2 aromatic rings. The predicted molar refractivity (Wildman–Crippen MR) is 86.7 cm³/mol. The van der Waals surface area contributed by atoms with E-state index in [2.05, 4.69) is 17.5 Å². The first kappa shape index (κ1) is 15.9. The van der Waals surface area contributed by atoms with Crippen molar-refractivity contribution in [3.8, 4) is 11.5 Å². The van der Waals surface area contributed by atoms with E-state index in [0.717, 1.165) is 29.9 Å². The van der Waals surface area contributed by atoms with Gasteiger partial charge in [0.1, 0.15) is 11.5 Å². The summed E-state index contributed by atoms with van der Waals surface area (Å²) in [6.45, 7) is 2.72. The Bertz CT molecular complexity index is 620. The van der Waals surface area contributed by atoms with E-state index in [1.54, 1.807) is 20.4 Å². The summed E-state index contributed by atoms with van der Waals surface area (Å²) < 4.78 is 16.1. The van der Waals surface area contributed by atoms with Crippen LogP contribution in [-0.2, 0) is 13.0 Å². The zero-order chi connectivity index (χ0) is 15.8. The standard InChI is InChI=1S/C17H22N2O3/c1-4-5-14-7-8-15(22-14)12-19-18-11-13-6-9-16(20-2)17(10-13)21-3/h6-10,12,18H,4-5,11H2,1-3H3/b19-12+. The maximum absolute atomic E-state index is 5.62. The van der Waals surface area contributed by atoms with Crippen molar-refractivity contribution in [1.29, 1.82) is 0 Å². The summed E-state index contributed by atoms with van der Waals surface area (Å²) in [5, 5.41) is 4.17. The highest BCUT2D eigenvalue weighted by Gasteiger charge is 2.04. The maximum atomic E-state index is 5.62. The summed E-state index contributed by atoms with van der Waals surface area (Å²) in [6, 6.07) is 9.68. The van der Waals surface area contributed by atoms with Crippen LogP contribution in [0.4, 0.5) is 0 Å². The zero-order valence-electron chi connectivity index (χ0n) is 13.3. The Balaban J connectivity index is 1.88. The molecule has 0 aliphatic heterocycles. The number of methoxy groups -OCH3 is 2. The van der Waals surface area contributed by atoms with Gasteiger partial charge in [-0.2, -0.15) is 5.10 Å². The van der Waals surface area contributed by atoms with Gasteiger partial charge >= 0.3 is 0 Å². The van der Waals surface area contributed by atoms with Crippen LogP contribution in [0.3, 0.4) is 0 Å². The van der Waals surface area contributed by atoms with Gasteiger partial charge in [0.05, 0.1) is 27.0 Å². The summed E-state index contributed by atoms with van der Waals surface area (Å²) >= 11 is 0. The van der Waals surface area contributed by atoms with E-state index in [1.807, 2.05) is 30.3 Å². The molecule has 0 radical (unpaired) electrons. The van der Waals surface area contributed by atoms with Gasteiger partial charge in [-0.15, -0.1) is 0 Å². The highest BCUT2D eigenvalue weighted by atomic mass is 16.5. The SMILES string of the molecule is CCCc1ccc(/C=N/NCc2ccc(OC)c(OC)c2)o1. The van der Waals surface area contributed by atoms with E-state index in [-0.39, 0.29) is 0 Å². The molecule has 0 spiro atoms. The topological polar surface area (TPSA) is 56.0 Å². The summed E-state index contributed by atoms with van der Waals surface area (Å²) in [5.74, 6) is 3.17. The fourth-order valence-electron chi connectivity index (χ4n) is 2.08. The molecule has 0 fully saturated rings. The highest BCUT2D eigenvalue weighted by molar-refractivity contribution is 5.75. The second kappa shape index (κ2) is 8.12. The number of aryl methyl sites for hydroxylation is 1. The van der Waals surface area contributed by atoms with Crippen molar-refractivity contribution >= 4 is 6.21 Å². The maximum Gasteiger partial charge on any atom is 0.161 e. The molecule has 0 saturated carbocycles. The van der Waals surface area contributed by atoms with Crippen molar-refractivity contribution in [2.45, 2.75) is 26.3 Å². The third-order valence-electron chi connectivity index (χ3n) is 3.19. The Morgan fingerprint density at radius 3 is 2.68 bits per heavy atom. The minimum atomic E-state index is 0.597. The number of hydrazone groups is 1. The Hall–Kier alpha value is -2.43. The smallest absolute Gasteiger partial charge is 0.161 e. The first-order chi connectivity index (χ1) is 10.8. The Kier molecular flexibility index (Phi) is 5.89. The molecule has 0 unspecified atom stereocenters. The molecule has 118 valence electrons. The van der Waals surface area contributed by atoms with Gasteiger partial charge in [-0.05, 0) is 36.2 Å². The lowest BCUT2D eigenvalue weighted by atomic mass is 10.2. The van der Waals surface area contributed by atoms with Gasteiger partial charge in [-0.1, -0.05) is 13.0 Å². The minimum Gasteiger partial charge on any atom is -0.493 e. The van der Waals surface area contributed by atoms with Crippen molar-refractivity contribution < 1.29 is 13.9 Å². The molecule has 2 rings (SSSR count). The first-order valence-corrected chi connectivity index (χ1v) is 7.32. The van der Waals surface area contributed by atoms with Gasteiger partial charge in [0, 0.05) is 6.42 Å². The fraction of sp³-hybridized carbons (Fsp3) is 0.353. The van der Waals surface area contributed by atoms with Crippen molar-refractivity contribution in [1.82, 2.24) is 5.43 Å². The first-order valence-electron chi connectivity index (χ1n) is 7.32. The second-order valence-corrected chi connectivity index (χ2v) is 4.84. The van der Waals surface area contributed by atoms with Gasteiger partial charge in [0.25, 0.3) is 0 Å². The number of ether oxygens (including phenoxy) is 2. The largest absolute Gasteiger partial charge is 0.493 e. The van der Waals surface area contributed by atoms with Crippen molar-refractivity contribution in [3.63, 3.8) is 0 Å². The van der Waals surface area contributed by atoms with E-state index in [4.69, 9.17) is 13.9 Å². The minimum absolute atomic E-state index is 0.597. The third-order valence-corrected chi connectivity index (χ3v) is 3.19. The summed E-state index contributed by atoms with van der Waals surface area (Å²) in [6.07, 6.45) is 3.70. The molecule has 5 nitrogen and oxygen atoms in total. The molecule has 0 bridgehead atoms. The molecule has 0 saturated heterocycles. The van der Waals surface area contributed by atoms with E-state index in [0.29, 0.717) is 18.0 Å². The monoisotopic (exact) mass is 302 g/mol. The van der Waals surface area contributed by atoms with Gasteiger partial charge in [-0.25, -0.2) is 0 Å². The van der Waals surface area contributed by atoms with E-state index >= 15 is 0 Å². The Morgan fingerprint density at radius 2 is 1.95 bits per heavy atom. The third kappa shape index (κ3) is 4.28. The van der Waals surface area contributed by atoms with Crippen LogP contribution in [-0.4, -0.2) is 20.4 Å². The van der Waals surface area contributed by atoms with E-state index in [9.17, 15) is 0 Å².